The molecule has 1 N–H and O–H groups in total. The molecule has 0 aliphatic rings. The molecule has 22 heavy (non-hydrogen) atoms. The first-order valence-electron chi connectivity index (χ1n) is 6.55. The minimum atomic E-state index is -0.482. The number of carbonyl (C=O) groups excluding carboxylic acids is 1. The molecular weight excluding hydrogens is 304 g/mol. The van der Waals surface area contributed by atoms with Gasteiger partial charge in [0.1, 0.15) is 5.69 Å². The van der Waals surface area contributed by atoms with E-state index in [1.54, 1.807) is 24.1 Å². The summed E-state index contributed by atoms with van der Waals surface area (Å²) in [5.41, 5.74) is 1.46. The van der Waals surface area contributed by atoms with Gasteiger partial charge in [0.25, 0.3) is 11.6 Å². The number of nitrogens with zero attached hydrogens (tertiary/aromatic N) is 3. The molecule has 0 bridgehead atoms. The Morgan fingerprint density at radius 1 is 1.50 bits per heavy atom. The van der Waals surface area contributed by atoms with E-state index in [4.69, 9.17) is 0 Å². The van der Waals surface area contributed by atoms with Crippen LogP contribution in [0, 0.1) is 17.0 Å². The molecule has 0 radical (unpaired) electrons. The van der Waals surface area contributed by atoms with Gasteiger partial charge in [-0.3, -0.25) is 14.9 Å². The molecule has 0 aliphatic heterocycles. The van der Waals surface area contributed by atoms with Gasteiger partial charge < -0.3 is 10.2 Å². The highest BCUT2D eigenvalue weighted by molar-refractivity contribution is 7.09. The van der Waals surface area contributed by atoms with Crippen molar-refractivity contribution in [3.8, 4) is 0 Å². The van der Waals surface area contributed by atoms with Crippen LogP contribution in [0.25, 0.3) is 0 Å². The average molecular weight is 320 g/mol. The predicted octanol–water partition coefficient (Wildman–Crippen LogP) is 2.36. The molecule has 0 saturated heterocycles. The second-order valence-electron chi connectivity index (χ2n) is 4.75. The third-order valence-corrected chi connectivity index (χ3v) is 3.96. The van der Waals surface area contributed by atoms with Crippen LogP contribution >= 0.6 is 11.3 Å². The Labute approximate surface area is 131 Å². The Morgan fingerprint density at radius 2 is 2.23 bits per heavy atom. The number of thiazole rings is 1. The maximum atomic E-state index is 11.6. The van der Waals surface area contributed by atoms with Crippen molar-refractivity contribution < 1.29 is 9.72 Å². The monoisotopic (exact) mass is 320 g/mol. The minimum absolute atomic E-state index is 0.101. The summed E-state index contributed by atoms with van der Waals surface area (Å²) in [6.07, 6.45) is 0. The fourth-order valence-corrected chi connectivity index (χ4v) is 2.69. The molecule has 0 unspecified atom stereocenters. The highest BCUT2D eigenvalue weighted by atomic mass is 32.1. The first kappa shape index (κ1) is 15.9. The number of hydrogen-bond donors (Lipinski definition) is 1. The van der Waals surface area contributed by atoms with Crippen molar-refractivity contribution in [2.24, 2.45) is 0 Å². The molecule has 2 rings (SSSR count). The van der Waals surface area contributed by atoms with Crippen LogP contribution in [0.3, 0.4) is 0 Å². The van der Waals surface area contributed by atoms with Gasteiger partial charge in [-0.15, -0.1) is 11.3 Å². The number of carbonyl (C=O) groups is 1. The number of nitro benzene ring substituents is 1. The molecule has 2 aromatic rings. The van der Waals surface area contributed by atoms with E-state index >= 15 is 0 Å². The van der Waals surface area contributed by atoms with Crippen molar-refractivity contribution in [3.63, 3.8) is 0 Å². The number of amides is 1. The average Bonchev–Trinajstić information content (AvgIpc) is 2.90. The van der Waals surface area contributed by atoms with Gasteiger partial charge in [0.05, 0.1) is 22.2 Å². The summed E-state index contributed by atoms with van der Waals surface area (Å²) in [7, 11) is 3.25. The molecule has 1 aromatic carbocycles. The molecule has 1 heterocycles. The Kier molecular flexibility index (Phi) is 4.71. The van der Waals surface area contributed by atoms with Crippen molar-refractivity contribution >= 4 is 28.6 Å². The molecule has 0 fully saturated rings. The summed E-state index contributed by atoms with van der Waals surface area (Å²) in [6, 6.07) is 4.45. The maximum absolute atomic E-state index is 11.6. The summed E-state index contributed by atoms with van der Waals surface area (Å²) in [6.45, 7) is 2.37. The van der Waals surface area contributed by atoms with Gasteiger partial charge in [0, 0.05) is 31.1 Å². The van der Waals surface area contributed by atoms with Gasteiger partial charge in [-0.25, -0.2) is 4.98 Å². The quantitative estimate of drug-likeness (QED) is 0.675. The van der Waals surface area contributed by atoms with E-state index in [1.165, 1.54) is 24.5 Å². The van der Waals surface area contributed by atoms with Gasteiger partial charge in [0.15, 0.2) is 0 Å². The first-order valence-corrected chi connectivity index (χ1v) is 7.43. The van der Waals surface area contributed by atoms with Crippen LogP contribution < -0.4 is 10.2 Å². The number of anilines is 1. The highest BCUT2D eigenvalue weighted by Crippen LogP contribution is 2.29. The van der Waals surface area contributed by atoms with Crippen LogP contribution in [0.2, 0.25) is 0 Å². The van der Waals surface area contributed by atoms with E-state index in [0.717, 1.165) is 10.7 Å². The van der Waals surface area contributed by atoms with Crippen molar-refractivity contribution in [2.75, 3.05) is 19.0 Å². The summed E-state index contributed by atoms with van der Waals surface area (Å²) < 4.78 is 0. The zero-order chi connectivity index (χ0) is 16.3. The van der Waals surface area contributed by atoms with Crippen molar-refractivity contribution in [3.05, 3.63) is 50.0 Å². The van der Waals surface area contributed by atoms with Crippen LogP contribution in [0.1, 0.15) is 21.1 Å². The van der Waals surface area contributed by atoms with Gasteiger partial charge >= 0.3 is 0 Å². The Hall–Kier alpha value is -2.48. The number of aromatic nitrogens is 1. The third kappa shape index (κ3) is 3.40. The molecule has 7 nitrogen and oxygen atoms in total. The smallest absolute Gasteiger partial charge is 0.293 e. The molecule has 0 spiro atoms. The molecule has 1 amide bonds. The summed E-state index contributed by atoms with van der Waals surface area (Å²) >= 11 is 1.54. The SMILES string of the molecule is CNC(=O)c1ccc(N(C)Cc2csc(C)n2)c([N+](=O)[O-])c1. The van der Waals surface area contributed by atoms with E-state index in [0.29, 0.717) is 12.2 Å². The zero-order valence-corrected chi connectivity index (χ0v) is 13.3. The van der Waals surface area contributed by atoms with E-state index < -0.39 is 4.92 Å². The lowest BCUT2D eigenvalue weighted by Crippen LogP contribution is -2.20. The lowest BCUT2D eigenvalue weighted by molar-refractivity contribution is -0.384. The topological polar surface area (TPSA) is 88.4 Å². The first-order chi connectivity index (χ1) is 10.4. The molecular formula is C14H16N4O3S. The van der Waals surface area contributed by atoms with Gasteiger partial charge in [-0.05, 0) is 19.1 Å². The highest BCUT2D eigenvalue weighted by Gasteiger charge is 2.20. The molecule has 116 valence electrons. The number of hydrogen-bond acceptors (Lipinski definition) is 6. The minimum Gasteiger partial charge on any atom is -0.363 e. The third-order valence-electron chi connectivity index (χ3n) is 3.14. The van der Waals surface area contributed by atoms with Crippen LogP contribution in [0.4, 0.5) is 11.4 Å². The van der Waals surface area contributed by atoms with Crippen LogP contribution in [-0.2, 0) is 6.54 Å². The number of aryl methyl sites for hydroxylation is 1. The molecule has 0 aliphatic carbocycles. The second-order valence-corrected chi connectivity index (χ2v) is 5.82. The van der Waals surface area contributed by atoms with Crippen LogP contribution in [0.15, 0.2) is 23.6 Å². The molecule has 8 heteroatoms. The maximum Gasteiger partial charge on any atom is 0.293 e. The predicted molar refractivity (Wildman–Crippen MR) is 85.4 cm³/mol. The largest absolute Gasteiger partial charge is 0.363 e. The van der Waals surface area contributed by atoms with Crippen molar-refractivity contribution in [1.29, 1.82) is 0 Å². The van der Waals surface area contributed by atoms with E-state index in [2.05, 4.69) is 10.3 Å². The van der Waals surface area contributed by atoms with E-state index in [9.17, 15) is 14.9 Å². The zero-order valence-electron chi connectivity index (χ0n) is 12.5. The van der Waals surface area contributed by atoms with E-state index in [-0.39, 0.29) is 17.2 Å². The lowest BCUT2D eigenvalue weighted by atomic mass is 10.1. The van der Waals surface area contributed by atoms with Crippen LogP contribution in [-0.4, -0.2) is 29.9 Å². The molecule has 0 atom stereocenters. The van der Waals surface area contributed by atoms with Crippen molar-refractivity contribution in [1.82, 2.24) is 10.3 Å². The summed E-state index contributed by atoms with van der Waals surface area (Å²) in [5.74, 6) is -0.354. The summed E-state index contributed by atoms with van der Waals surface area (Å²) in [5, 5.41) is 16.6. The van der Waals surface area contributed by atoms with Gasteiger partial charge in [0.2, 0.25) is 0 Å². The van der Waals surface area contributed by atoms with Gasteiger partial charge in [-0.2, -0.15) is 0 Å². The number of nitrogens with one attached hydrogen (secondary N) is 1. The number of rotatable bonds is 5. The Morgan fingerprint density at radius 3 is 2.77 bits per heavy atom. The Bertz CT molecular complexity index is 714. The van der Waals surface area contributed by atoms with Gasteiger partial charge in [-0.1, -0.05) is 0 Å². The fourth-order valence-electron chi connectivity index (χ4n) is 2.09. The molecule has 0 saturated carbocycles. The standard InChI is InChI=1S/C14H16N4O3S/c1-9-16-11(8-22-9)7-17(3)12-5-4-10(14(19)15-2)6-13(12)18(20)21/h4-6,8H,7H2,1-3H3,(H,15,19). The normalized spacial score (nSPS) is 10.3. The van der Waals surface area contributed by atoms with Crippen molar-refractivity contribution in [2.45, 2.75) is 13.5 Å². The fraction of sp³-hybridized carbons (Fsp3) is 0.286. The van der Waals surface area contributed by atoms with E-state index in [1.807, 2.05) is 12.3 Å². The Balaban J connectivity index is 2.32. The number of benzene rings is 1. The van der Waals surface area contributed by atoms with Crippen LogP contribution in [0.5, 0.6) is 0 Å². The number of nitro groups is 1. The lowest BCUT2D eigenvalue weighted by Gasteiger charge is -2.18. The second kappa shape index (κ2) is 6.52. The summed E-state index contributed by atoms with van der Waals surface area (Å²) in [4.78, 5) is 28.5. The molecule has 1 aromatic heterocycles.